The second-order valence-corrected chi connectivity index (χ2v) is 13.9. The molecule has 1 aliphatic rings. The molecule has 0 unspecified atom stereocenters. The minimum Gasteiger partial charge on any atom is -0.392 e. The summed E-state index contributed by atoms with van der Waals surface area (Å²) in [6.45, 7) is 3.01. The molecule has 1 aliphatic heterocycles. The molecule has 0 aromatic heterocycles. The summed E-state index contributed by atoms with van der Waals surface area (Å²) in [5.74, 6) is -0.399. The first-order chi connectivity index (χ1) is 25.7. The van der Waals surface area contributed by atoms with Gasteiger partial charge in [-0.1, -0.05) is 104 Å². The topological polar surface area (TPSA) is 141 Å². The molecule has 0 saturated carbocycles. The number of amides is 2. The number of benzene rings is 4. The number of hydroxylamine groups is 1. The molecular formula is C43H53N3O7. The van der Waals surface area contributed by atoms with E-state index in [-0.39, 0.29) is 43.1 Å². The van der Waals surface area contributed by atoms with Gasteiger partial charge in [-0.2, -0.15) is 0 Å². The summed E-state index contributed by atoms with van der Waals surface area (Å²) in [5, 5.41) is 32.3. The first-order valence-electron chi connectivity index (χ1n) is 18.6. The van der Waals surface area contributed by atoms with E-state index in [0.29, 0.717) is 32.4 Å². The van der Waals surface area contributed by atoms with E-state index >= 15 is 0 Å². The van der Waals surface area contributed by atoms with Gasteiger partial charge in [0, 0.05) is 44.0 Å². The Labute approximate surface area is 312 Å². The number of ether oxygens (including phenoxy) is 2. The Morgan fingerprint density at radius 1 is 0.792 bits per heavy atom. The Hall–Kier alpha value is -4.42. The maximum Gasteiger partial charge on any atom is 0.243 e. The minimum absolute atomic E-state index is 0.0122. The lowest BCUT2D eigenvalue weighted by Gasteiger charge is -2.39. The average molecular weight is 724 g/mol. The summed E-state index contributed by atoms with van der Waals surface area (Å²) < 4.78 is 13.3. The third-order valence-corrected chi connectivity index (χ3v) is 9.99. The van der Waals surface area contributed by atoms with E-state index in [2.05, 4.69) is 28.4 Å². The number of likely N-dealkylation sites (N-methyl/N-ethyl adjacent to an activating group) is 1. The standard InChI is InChI=1S/C43H53N3O7/c1-30(42(50)34-13-6-5-7-14-34)46(2)28-38-26-39(33-22-20-31(29-47)21-23-33)53-43(52-38)37-17-11-16-36(25-37)35-15-10-12-32(24-35)27-44-40(48)18-8-3-4-9-19-41(49)45-51/h5-7,10-17,20-25,30,38-39,42-43,47,50-51H,3-4,8-9,18-19,26-29H2,1-2H3,(H,44,48)(H,45,49)/t30-,38-,39+,42-,43+/m0/s1. The van der Waals surface area contributed by atoms with Gasteiger partial charge in [0.2, 0.25) is 11.8 Å². The predicted molar refractivity (Wildman–Crippen MR) is 203 cm³/mol. The maximum atomic E-state index is 12.5. The number of unbranched alkanes of at least 4 members (excludes halogenated alkanes) is 3. The largest absolute Gasteiger partial charge is 0.392 e. The zero-order valence-electron chi connectivity index (χ0n) is 30.7. The van der Waals surface area contributed by atoms with E-state index in [1.165, 1.54) is 0 Å². The number of rotatable bonds is 18. The highest BCUT2D eigenvalue weighted by molar-refractivity contribution is 5.76. The Kier molecular flexibility index (Phi) is 15.1. The van der Waals surface area contributed by atoms with E-state index in [9.17, 15) is 19.8 Å². The van der Waals surface area contributed by atoms with Crippen LogP contribution in [0.4, 0.5) is 0 Å². The van der Waals surface area contributed by atoms with Crippen LogP contribution >= 0.6 is 0 Å². The zero-order chi connectivity index (χ0) is 37.6. The Bertz CT molecular complexity index is 1740. The van der Waals surface area contributed by atoms with Crippen LogP contribution in [0.1, 0.15) is 98.2 Å². The van der Waals surface area contributed by atoms with E-state index in [4.69, 9.17) is 14.7 Å². The summed E-state index contributed by atoms with van der Waals surface area (Å²) in [6.07, 6.45) is 2.72. The number of hydrogen-bond acceptors (Lipinski definition) is 8. The molecule has 0 bridgehead atoms. The number of aliphatic hydroxyl groups is 2. The van der Waals surface area contributed by atoms with Crippen LogP contribution in [0.5, 0.6) is 0 Å². The molecule has 0 spiro atoms. The second-order valence-electron chi connectivity index (χ2n) is 13.9. The predicted octanol–water partition coefficient (Wildman–Crippen LogP) is 6.91. The lowest BCUT2D eigenvalue weighted by molar-refractivity contribution is -0.253. The van der Waals surface area contributed by atoms with Crippen molar-refractivity contribution in [3.63, 3.8) is 0 Å². The molecular weight excluding hydrogens is 670 g/mol. The second kappa shape index (κ2) is 20.1. The van der Waals surface area contributed by atoms with Gasteiger partial charge < -0.3 is 25.0 Å². The van der Waals surface area contributed by atoms with Crippen molar-refractivity contribution in [3.8, 4) is 11.1 Å². The van der Waals surface area contributed by atoms with Gasteiger partial charge in [-0.3, -0.25) is 19.7 Å². The number of nitrogens with zero attached hydrogens (tertiary/aromatic N) is 1. The summed E-state index contributed by atoms with van der Waals surface area (Å²) in [6, 6.07) is 33.7. The monoisotopic (exact) mass is 723 g/mol. The van der Waals surface area contributed by atoms with Crippen LogP contribution < -0.4 is 10.8 Å². The molecule has 282 valence electrons. The Morgan fingerprint density at radius 3 is 2.17 bits per heavy atom. The summed E-state index contributed by atoms with van der Waals surface area (Å²) in [7, 11) is 2.01. The number of carbonyl (C=O) groups excluding carboxylic acids is 2. The SMILES string of the molecule is C[C@@H]([C@H](O)c1ccccc1)N(C)C[C@@H]1C[C@H](c2ccc(CO)cc2)O[C@H](c2cccc(-c3cccc(CNC(=O)CCCCCCC(=O)NO)c3)c2)O1. The highest BCUT2D eigenvalue weighted by Gasteiger charge is 2.34. The third kappa shape index (κ3) is 11.8. The highest BCUT2D eigenvalue weighted by Crippen LogP contribution is 2.39. The molecule has 53 heavy (non-hydrogen) atoms. The van der Waals surface area contributed by atoms with Crippen molar-refractivity contribution in [2.75, 3.05) is 13.6 Å². The van der Waals surface area contributed by atoms with Crippen LogP contribution in [0.15, 0.2) is 103 Å². The molecule has 1 fully saturated rings. The summed E-state index contributed by atoms with van der Waals surface area (Å²) >= 11 is 0. The number of nitrogens with one attached hydrogen (secondary N) is 2. The van der Waals surface area contributed by atoms with Crippen LogP contribution in [0.2, 0.25) is 0 Å². The van der Waals surface area contributed by atoms with Crippen molar-refractivity contribution in [1.82, 2.24) is 15.7 Å². The minimum atomic E-state index is -0.648. The van der Waals surface area contributed by atoms with Gasteiger partial charge in [0.25, 0.3) is 0 Å². The molecule has 4 aromatic carbocycles. The van der Waals surface area contributed by atoms with Crippen LogP contribution in [0.25, 0.3) is 11.1 Å². The molecule has 10 nitrogen and oxygen atoms in total. The summed E-state index contributed by atoms with van der Waals surface area (Å²) in [4.78, 5) is 25.8. The van der Waals surface area contributed by atoms with Gasteiger partial charge in [-0.05, 0) is 72.3 Å². The lowest BCUT2D eigenvalue weighted by Crippen LogP contribution is -2.43. The number of aliphatic hydroxyl groups excluding tert-OH is 2. The van der Waals surface area contributed by atoms with Crippen LogP contribution in [-0.2, 0) is 32.2 Å². The molecule has 5 atom stereocenters. The molecule has 1 heterocycles. The van der Waals surface area contributed by atoms with Crippen LogP contribution in [0, 0.1) is 0 Å². The van der Waals surface area contributed by atoms with Crippen LogP contribution in [-0.4, -0.2) is 57.9 Å². The molecule has 0 aliphatic carbocycles. The van der Waals surface area contributed by atoms with Gasteiger partial charge >= 0.3 is 0 Å². The van der Waals surface area contributed by atoms with Gasteiger partial charge in [0.15, 0.2) is 6.29 Å². The summed E-state index contributed by atoms with van der Waals surface area (Å²) in [5.41, 5.74) is 8.25. The van der Waals surface area contributed by atoms with Crippen molar-refractivity contribution in [2.24, 2.45) is 0 Å². The van der Waals surface area contributed by atoms with Gasteiger partial charge in [0.05, 0.1) is 24.9 Å². The first-order valence-corrected chi connectivity index (χ1v) is 18.6. The van der Waals surface area contributed by atoms with Crippen molar-refractivity contribution in [3.05, 3.63) is 131 Å². The molecule has 2 amide bonds. The number of hydrogen-bond donors (Lipinski definition) is 5. The quantitative estimate of drug-likeness (QED) is 0.0424. The lowest BCUT2D eigenvalue weighted by atomic mass is 9.97. The smallest absolute Gasteiger partial charge is 0.243 e. The fourth-order valence-corrected chi connectivity index (χ4v) is 6.69. The fraction of sp³-hybridized carbons (Fsp3) is 0.395. The van der Waals surface area contributed by atoms with Crippen molar-refractivity contribution in [2.45, 2.75) is 95.7 Å². The van der Waals surface area contributed by atoms with E-state index in [0.717, 1.165) is 58.2 Å². The van der Waals surface area contributed by atoms with Gasteiger partial charge in [-0.25, -0.2) is 5.48 Å². The number of carbonyl (C=O) groups is 2. The maximum absolute atomic E-state index is 12.5. The van der Waals surface area contributed by atoms with Crippen molar-refractivity contribution in [1.29, 1.82) is 0 Å². The van der Waals surface area contributed by atoms with E-state index in [1.807, 2.05) is 98.9 Å². The fourth-order valence-electron chi connectivity index (χ4n) is 6.69. The highest BCUT2D eigenvalue weighted by atomic mass is 16.7. The average Bonchev–Trinajstić information content (AvgIpc) is 3.21. The molecule has 0 radical (unpaired) electrons. The van der Waals surface area contributed by atoms with E-state index in [1.54, 1.807) is 5.48 Å². The van der Waals surface area contributed by atoms with E-state index < -0.39 is 12.4 Å². The van der Waals surface area contributed by atoms with Crippen molar-refractivity contribution >= 4 is 11.8 Å². The molecule has 4 aromatic rings. The van der Waals surface area contributed by atoms with Gasteiger partial charge in [-0.15, -0.1) is 0 Å². The van der Waals surface area contributed by atoms with Crippen LogP contribution in [0.3, 0.4) is 0 Å². The molecule has 10 heteroatoms. The Morgan fingerprint density at radius 2 is 1.47 bits per heavy atom. The Balaban J connectivity index is 1.24. The molecule has 5 rings (SSSR count). The first kappa shape index (κ1) is 39.8. The molecule has 1 saturated heterocycles. The zero-order valence-corrected chi connectivity index (χ0v) is 30.7. The normalized spacial score (nSPS) is 18.3. The van der Waals surface area contributed by atoms with Gasteiger partial charge in [0.1, 0.15) is 0 Å². The third-order valence-electron chi connectivity index (χ3n) is 9.99. The molecule has 5 N–H and O–H groups in total. The van der Waals surface area contributed by atoms with Crippen molar-refractivity contribution < 1.29 is 34.5 Å².